The van der Waals surface area contributed by atoms with E-state index >= 15 is 0 Å². The van der Waals surface area contributed by atoms with Crippen molar-refractivity contribution in [2.45, 2.75) is 38.3 Å². The predicted octanol–water partition coefficient (Wildman–Crippen LogP) is 3.20. The summed E-state index contributed by atoms with van der Waals surface area (Å²) in [7, 11) is -3.43. The fourth-order valence-corrected chi connectivity index (χ4v) is 5.18. The average Bonchev–Trinajstić information content (AvgIpc) is 2.57. The molecule has 2 aromatic carbocycles. The molecule has 0 bridgehead atoms. The first kappa shape index (κ1) is 18.1. The Morgan fingerprint density at radius 1 is 1.04 bits per heavy atom. The zero-order valence-electron chi connectivity index (χ0n) is 15.1. The Morgan fingerprint density at radius 2 is 1.76 bits per heavy atom. The number of benzene rings is 2. The van der Waals surface area contributed by atoms with Crippen LogP contribution in [0.1, 0.15) is 23.6 Å². The zero-order chi connectivity index (χ0) is 18.0. The maximum Gasteiger partial charge on any atom is 0.243 e. The van der Waals surface area contributed by atoms with Crippen LogP contribution in [0.2, 0.25) is 0 Å². The third kappa shape index (κ3) is 3.94. The van der Waals surface area contributed by atoms with Gasteiger partial charge in [-0.15, -0.1) is 0 Å². The number of rotatable bonds is 4. The molecular formula is C20H26N2O2S. The molecule has 3 rings (SSSR count). The average molecular weight is 359 g/mol. The second-order valence-electron chi connectivity index (χ2n) is 6.94. The summed E-state index contributed by atoms with van der Waals surface area (Å²) in [4.78, 5) is 2.78. The molecule has 4 nitrogen and oxygen atoms in total. The molecule has 25 heavy (non-hydrogen) atoms. The number of hydrogen-bond donors (Lipinski definition) is 0. The zero-order valence-corrected chi connectivity index (χ0v) is 16.0. The van der Waals surface area contributed by atoms with Crippen LogP contribution in [0.5, 0.6) is 0 Å². The lowest BCUT2D eigenvalue weighted by Crippen LogP contribution is -2.53. The first-order valence-corrected chi connectivity index (χ1v) is 10.2. The van der Waals surface area contributed by atoms with E-state index in [2.05, 4.69) is 24.0 Å². The SMILES string of the molecule is Cc1ccc(S(=O)(=O)N2CCN(Cc3ccccc3)C(C)C2)c(C)c1. The van der Waals surface area contributed by atoms with Gasteiger partial charge in [0.15, 0.2) is 0 Å². The Hall–Kier alpha value is -1.69. The second-order valence-corrected chi connectivity index (χ2v) is 8.84. The van der Waals surface area contributed by atoms with Crippen molar-refractivity contribution >= 4 is 10.0 Å². The van der Waals surface area contributed by atoms with Gasteiger partial charge in [-0.05, 0) is 38.0 Å². The largest absolute Gasteiger partial charge is 0.294 e. The highest BCUT2D eigenvalue weighted by atomic mass is 32.2. The molecule has 2 aromatic rings. The highest BCUT2D eigenvalue weighted by Gasteiger charge is 2.32. The van der Waals surface area contributed by atoms with Crippen LogP contribution in [0.25, 0.3) is 0 Å². The molecule has 0 saturated carbocycles. The monoisotopic (exact) mass is 358 g/mol. The minimum Gasteiger partial charge on any atom is -0.294 e. The number of aryl methyl sites for hydroxylation is 2. The van der Waals surface area contributed by atoms with E-state index in [1.807, 2.05) is 44.2 Å². The molecule has 1 aliphatic heterocycles. The van der Waals surface area contributed by atoms with Crippen molar-refractivity contribution in [1.29, 1.82) is 0 Å². The lowest BCUT2D eigenvalue weighted by molar-refractivity contribution is 0.122. The fourth-order valence-electron chi connectivity index (χ4n) is 3.46. The fraction of sp³-hybridized carbons (Fsp3) is 0.400. The predicted molar refractivity (Wildman–Crippen MR) is 101 cm³/mol. The van der Waals surface area contributed by atoms with Gasteiger partial charge < -0.3 is 0 Å². The maximum absolute atomic E-state index is 13.0. The van der Waals surface area contributed by atoms with E-state index in [-0.39, 0.29) is 6.04 Å². The van der Waals surface area contributed by atoms with E-state index in [1.165, 1.54) is 5.56 Å². The van der Waals surface area contributed by atoms with Crippen molar-refractivity contribution in [2.75, 3.05) is 19.6 Å². The molecule has 0 radical (unpaired) electrons. The number of nitrogens with zero attached hydrogens (tertiary/aromatic N) is 2. The van der Waals surface area contributed by atoms with Crippen LogP contribution in [-0.4, -0.2) is 43.3 Å². The molecule has 0 aliphatic carbocycles. The van der Waals surface area contributed by atoms with Crippen LogP contribution in [0.15, 0.2) is 53.4 Å². The number of sulfonamides is 1. The summed E-state index contributed by atoms with van der Waals surface area (Å²) >= 11 is 0. The van der Waals surface area contributed by atoms with Crippen molar-refractivity contribution in [3.05, 3.63) is 65.2 Å². The van der Waals surface area contributed by atoms with E-state index in [0.717, 1.165) is 24.2 Å². The van der Waals surface area contributed by atoms with Gasteiger partial charge in [0.05, 0.1) is 4.90 Å². The van der Waals surface area contributed by atoms with Crippen molar-refractivity contribution in [1.82, 2.24) is 9.21 Å². The van der Waals surface area contributed by atoms with Crippen LogP contribution in [0, 0.1) is 13.8 Å². The second kappa shape index (κ2) is 7.28. The van der Waals surface area contributed by atoms with E-state index in [9.17, 15) is 8.42 Å². The van der Waals surface area contributed by atoms with Crippen LogP contribution in [0.3, 0.4) is 0 Å². The van der Waals surface area contributed by atoms with Gasteiger partial charge in [0.2, 0.25) is 10.0 Å². The quantitative estimate of drug-likeness (QED) is 0.843. The van der Waals surface area contributed by atoms with Gasteiger partial charge >= 0.3 is 0 Å². The standard InChI is InChI=1S/C20H26N2O2S/c1-16-9-10-20(17(2)13-16)25(23,24)22-12-11-21(18(3)14-22)15-19-7-5-4-6-8-19/h4-10,13,18H,11-12,14-15H2,1-3H3. The highest BCUT2D eigenvalue weighted by molar-refractivity contribution is 7.89. The van der Waals surface area contributed by atoms with Gasteiger partial charge in [0.1, 0.15) is 0 Å². The first-order valence-electron chi connectivity index (χ1n) is 8.73. The Morgan fingerprint density at radius 3 is 2.40 bits per heavy atom. The molecule has 0 spiro atoms. The molecule has 1 aliphatic rings. The number of hydrogen-bond acceptors (Lipinski definition) is 3. The molecule has 0 amide bonds. The third-order valence-electron chi connectivity index (χ3n) is 4.90. The smallest absolute Gasteiger partial charge is 0.243 e. The summed E-state index contributed by atoms with van der Waals surface area (Å²) in [5.41, 5.74) is 3.16. The van der Waals surface area contributed by atoms with Gasteiger partial charge in [-0.2, -0.15) is 4.31 Å². The van der Waals surface area contributed by atoms with Crippen LogP contribution in [0.4, 0.5) is 0 Å². The Balaban J connectivity index is 1.73. The lowest BCUT2D eigenvalue weighted by atomic mass is 10.1. The summed E-state index contributed by atoms with van der Waals surface area (Å²) in [6, 6.07) is 16.1. The van der Waals surface area contributed by atoms with E-state index < -0.39 is 10.0 Å². The van der Waals surface area contributed by atoms with Gasteiger partial charge in [-0.25, -0.2) is 8.42 Å². The van der Waals surface area contributed by atoms with E-state index in [1.54, 1.807) is 10.4 Å². The van der Waals surface area contributed by atoms with Crippen molar-refractivity contribution in [3.63, 3.8) is 0 Å². The van der Waals surface area contributed by atoms with Crippen LogP contribution < -0.4 is 0 Å². The molecule has 1 saturated heterocycles. The van der Waals surface area contributed by atoms with E-state index in [0.29, 0.717) is 18.0 Å². The summed E-state index contributed by atoms with van der Waals surface area (Å²) in [5, 5.41) is 0. The molecule has 1 heterocycles. The van der Waals surface area contributed by atoms with Gasteiger partial charge in [0, 0.05) is 32.2 Å². The Labute approximate surface area is 151 Å². The van der Waals surface area contributed by atoms with Crippen LogP contribution in [-0.2, 0) is 16.6 Å². The molecule has 0 aromatic heterocycles. The molecule has 1 fully saturated rings. The summed E-state index contributed by atoms with van der Waals surface area (Å²) in [6.45, 7) is 8.63. The maximum atomic E-state index is 13.0. The molecule has 1 atom stereocenters. The van der Waals surface area contributed by atoms with Gasteiger partial charge in [0.25, 0.3) is 0 Å². The minimum absolute atomic E-state index is 0.189. The summed E-state index contributed by atoms with van der Waals surface area (Å²) in [5.74, 6) is 0. The molecule has 134 valence electrons. The molecule has 5 heteroatoms. The highest BCUT2D eigenvalue weighted by Crippen LogP contribution is 2.24. The Bertz CT molecular complexity index is 834. The van der Waals surface area contributed by atoms with E-state index in [4.69, 9.17) is 0 Å². The van der Waals surface area contributed by atoms with Gasteiger partial charge in [-0.1, -0.05) is 48.0 Å². The minimum atomic E-state index is -3.43. The third-order valence-corrected chi connectivity index (χ3v) is 6.93. The molecular weight excluding hydrogens is 332 g/mol. The van der Waals surface area contributed by atoms with Gasteiger partial charge in [-0.3, -0.25) is 4.90 Å². The topological polar surface area (TPSA) is 40.6 Å². The Kier molecular flexibility index (Phi) is 5.27. The summed E-state index contributed by atoms with van der Waals surface area (Å²) < 4.78 is 27.7. The van der Waals surface area contributed by atoms with Crippen molar-refractivity contribution in [2.24, 2.45) is 0 Å². The van der Waals surface area contributed by atoms with Crippen molar-refractivity contribution in [3.8, 4) is 0 Å². The van der Waals surface area contributed by atoms with Crippen LogP contribution >= 0.6 is 0 Å². The first-order chi connectivity index (χ1) is 11.9. The lowest BCUT2D eigenvalue weighted by Gasteiger charge is -2.39. The number of piperazine rings is 1. The molecule has 0 N–H and O–H groups in total. The van der Waals surface area contributed by atoms with Crippen molar-refractivity contribution < 1.29 is 8.42 Å². The summed E-state index contributed by atoms with van der Waals surface area (Å²) in [6.07, 6.45) is 0. The molecule has 1 unspecified atom stereocenters. The normalized spacial score (nSPS) is 19.9.